The second-order valence-corrected chi connectivity index (χ2v) is 7.41. The summed E-state index contributed by atoms with van der Waals surface area (Å²) in [5, 5.41) is 0. The molecule has 0 spiro atoms. The van der Waals surface area contributed by atoms with Crippen LogP contribution in [0, 0.1) is 5.82 Å². The number of carbonyl (C=O) groups excluding carboxylic acids is 2. The van der Waals surface area contributed by atoms with E-state index in [1.165, 1.54) is 11.0 Å². The van der Waals surface area contributed by atoms with E-state index >= 15 is 0 Å². The molecule has 0 aromatic heterocycles. The highest BCUT2D eigenvalue weighted by atomic mass is 19.1. The smallest absolute Gasteiger partial charge is 0.257 e. The Morgan fingerprint density at radius 3 is 2.38 bits per heavy atom. The number of nitrogens with zero attached hydrogens (tertiary/aromatic N) is 1. The summed E-state index contributed by atoms with van der Waals surface area (Å²) in [6, 6.07) is 3.12. The standard InChI is InChI=1S/C19H20FNO3/c1-19(2)9-11-7-8-15(20)14(16(11)24-19)10-21-17(22)12-5-3-4-6-13(12)18(21)23/h7-8H,3-6,9-10H2,1-2H3. The largest absolute Gasteiger partial charge is 0.487 e. The molecule has 0 saturated carbocycles. The second kappa shape index (κ2) is 5.16. The maximum absolute atomic E-state index is 14.4. The lowest BCUT2D eigenvalue weighted by Crippen LogP contribution is -2.32. The highest BCUT2D eigenvalue weighted by Crippen LogP contribution is 2.41. The van der Waals surface area contributed by atoms with Crippen LogP contribution >= 0.6 is 0 Å². The van der Waals surface area contributed by atoms with Crippen LogP contribution in [-0.4, -0.2) is 22.3 Å². The summed E-state index contributed by atoms with van der Waals surface area (Å²) in [6.45, 7) is 3.83. The van der Waals surface area contributed by atoms with Gasteiger partial charge in [0.25, 0.3) is 11.8 Å². The first kappa shape index (κ1) is 15.4. The molecule has 3 aliphatic rings. The number of carbonyl (C=O) groups is 2. The van der Waals surface area contributed by atoms with Crippen molar-refractivity contribution in [1.29, 1.82) is 0 Å². The average molecular weight is 329 g/mol. The van der Waals surface area contributed by atoms with E-state index in [4.69, 9.17) is 4.74 Å². The summed E-state index contributed by atoms with van der Waals surface area (Å²) in [5.41, 5.74) is 2.08. The normalized spacial score (nSPS) is 21.9. The molecule has 1 aromatic rings. The third-order valence-electron chi connectivity index (χ3n) is 5.07. The Kier molecular flexibility index (Phi) is 3.31. The van der Waals surface area contributed by atoms with Gasteiger partial charge in [-0.3, -0.25) is 14.5 Å². The van der Waals surface area contributed by atoms with Crippen molar-refractivity contribution in [3.63, 3.8) is 0 Å². The van der Waals surface area contributed by atoms with Crippen molar-refractivity contribution in [2.24, 2.45) is 0 Å². The zero-order chi connectivity index (χ0) is 17.1. The van der Waals surface area contributed by atoms with Crippen LogP contribution in [0.2, 0.25) is 0 Å². The maximum atomic E-state index is 14.4. The van der Waals surface area contributed by atoms with Crippen molar-refractivity contribution < 1.29 is 18.7 Å². The van der Waals surface area contributed by atoms with Gasteiger partial charge in [0.1, 0.15) is 17.2 Å². The first-order valence-electron chi connectivity index (χ1n) is 8.45. The van der Waals surface area contributed by atoms with E-state index in [1.807, 2.05) is 13.8 Å². The first-order chi connectivity index (χ1) is 11.4. The van der Waals surface area contributed by atoms with Gasteiger partial charge in [0, 0.05) is 17.6 Å². The summed E-state index contributed by atoms with van der Waals surface area (Å²) in [4.78, 5) is 26.3. The van der Waals surface area contributed by atoms with Crippen molar-refractivity contribution in [3.8, 4) is 5.75 Å². The molecule has 0 unspecified atom stereocenters. The Hall–Kier alpha value is -2.17. The lowest BCUT2D eigenvalue weighted by atomic mass is 9.93. The van der Waals surface area contributed by atoms with Gasteiger partial charge < -0.3 is 4.74 Å². The molecule has 2 amide bonds. The van der Waals surface area contributed by atoms with Crippen LogP contribution < -0.4 is 4.74 Å². The molecule has 1 aromatic carbocycles. The first-order valence-corrected chi connectivity index (χ1v) is 8.45. The minimum Gasteiger partial charge on any atom is -0.487 e. The van der Waals surface area contributed by atoms with Gasteiger partial charge in [0.15, 0.2) is 0 Å². The molecule has 0 atom stereocenters. The number of halogens is 1. The number of ether oxygens (including phenoxy) is 1. The summed E-state index contributed by atoms with van der Waals surface area (Å²) in [7, 11) is 0. The van der Waals surface area contributed by atoms with Gasteiger partial charge in [-0.05, 0) is 51.2 Å². The van der Waals surface area contributed by atoms with Crippen molar-refractivity contribution in [1.82, 2.24) is 4.90 Å². The van der Waals surface area contributed by atoms with E-state index in [9.17, 15) is 14.0 Å². The highest BCUT2D eigenvalue weighted by molar-refractivity contribution is 6.19. The topological polar surface area (TPSA) is 46.6 Å². The molecule has 0 fully saturated rings. The van der Waals surface area contributed by atoms with Crippen LogP contribution in [0.25, 0.3) is 0 Å². The lowest BCUT2D eigenvalue weighted by molar-refractivity contribution is -0.138. The van der Waals surface area contributed by atoms with E-state index in [0.29, 0.717) is 41.7 Å². The van der Waals surface area contributed by atoms with Gasteiger partial charge in [-0.2, -0.15) is 0 Å². The molecule has 0 saturated heterocycles. The van der Waals surface area contributed by atoms with E-state index in [1.54, 1.807) is 6.07 Å². The number of rotatable bonds is 2. The number of fused-ring (bicyclic) bond motifs is 1. The molecule has 4 rings (SSSR count). The molecule has 4 nitrogen and oxygen atoms in total. The van der Waals surface area contributed by atoms with Gasteiger partial charge in [-0.1, -0.05) is 6.07 Å². The van der Waals surface area contributed by atoms with Gasteiger partial charge in [0.2, 0.25) is 0 Å². The minimum absolute atomic E-state index is 0.0598. The molecule has 126 valence electrons. The fourth-order valence-corrected chi connectivity index (χ4v) is 3.93. The van der Waals surface area contributed by atoms with Gasteiger partial charge in [0.05, 0.1) is 12.1 Å². The monoisotopic (exact) mass is 329 g/mol. The van der Waals surface area contributed by atoms with Crippen LogP contribution in [-0.2, 0) is 22.6 Å². The van der Waals surface area contributed by atoms with E-state index in [2.05, 4.69) is 0 Å². The highest BCUT2D eigenvalue weighted by Gasteiger charge is 2.40. The zero-order valence-electron chi connectivity index (χ0n) is 13.9. The summed E-state index contributed by atoms with van der Waals surface area (Å²) >= 11 is 0. The van der Waals surface area contributed by atoms with E-state index in [0.717, 1.165) is 18.4 Å². The fraction of sp³-hybridized carbons (Fsp3) is 0.474. The predicted molar refractivity (Wildman–Crippen MR) is 85.9 cm³/mol. The molecule has 0 radical (unpaired) electrons. The Morgan fingerprint density at radius 2 is 1.75 bits per heavy atom. The molecule has 24 heavy (non-hydrogen) atoms. The SMILES string of the molecule is CC1(C)Cc2ccc(F)c(CN3C(=O)C4=C(CCCC4)C3=O)c2O1. The Bertz CT molecular complexity index is 766. The van der Waals surface area contributed by atoms with Crippen molar-refractivity contribution in [2.45, 2.75) is 58.1 Å². The number of amides is 2. The van der Waals surface area contributed by atoms with Crippen molar-refractivity contribution in [3.05, 3.63) is 40.2 Å². The third kappa shape index (κ3) is 2.26. The molecular formula is C19H20FNO3. The van der Waals surface area contributed by atoms with Gasteiger partial charge in [-0.15, -0.1) is 0 Å². The molecule has 2 aliphatic heterocycles. The van der Waals surface area contributed by atoms with Crippen LogP contribution in [0.15, 0.2) is 23.3 Å². The number of hydrogen-bond acceptors (Lipinski definition) is 3. The Morgan fingerprint density at radius 1 is 1.12 bits per heavy atom. The van der Waals surface area contributed by atoms with Gasteiger partial charge >= 0.3 is 0 Å². The zero-order valence-corrected chi connectivity index (χ0v) is 13.9. The van der Waals surface area contributed by atoms with Crippen LogP contribution in [0.4, 0.5) is 4.39 Å². The fourth-order valence-electron chi connectivity index (χ4n) is 3.93. The molecule has 5 heteroatoms. The predicted octanol–water partition coefficient (Wildman–Crippen LogP) is 3.28. The number of benzene rings is 1. The third-order valence-corrected chi connectivity index (χ3v) is 5.07. The van der Waals surface area contributed by atoms with Crippen LogP contribution in [0.5, 0.6) is 5.75 Å². The molecule has 1 aliphatic carbocycles. The van der Waals surface area contributed by atoms with Gasteiger partial charge in [-0.25, -0.2) is 4.39 Å². The Labute approximate surface area is 140 Å². The molecule has 0 bridgehead atoms. The average Bonchev–Trinajstić information content (AvgIpc) is 2.98. The molecule has 2 heterocycles. The maximum Gasteiger partial charge on any atom is 0.257 e. The second-order valence-electron chi connectivity index (χ2n) is 7.41. The van der Waals surface area contributed by atoms with Crippen molar-refractivity contribution >= 4 is 11.8 Å². The van der Waals surface area contributed by atoms with Crippen LogP contribution in [0.3, 0.4) is 0 Å². The van der Waals surface area contributed by atoms with E-state index in [-0.39, 0.29) is 18.4 Å². The minimum atomic E-state index is -0.433. The number of hydrogen-bond donors (Lipinski definition) is 0. The van der Waals surface area contributed by atoms with Crippen molar-refractivity contribution in [2.75, 3.05) is 0 Å². The summed E-state index contributed by atoms with van der Waals surface area (Å²) in [5.74, 6) is -0.463. The van der Waals surface area contributed by atoms with Crippen LogP contribution in [0.1, 0.15) is 50.7 Å². The summed E-state index contributed by atoms with van der Waals surface area (Å²) in [6.07, 6.45) is 3.84. The quantitative estimate of drug-likeness (QED) is 0.782. The Balaban J connectivity index is 1.67. The number of imide groups is 1. The van der Waals surface area contributed by atoms with E-state index < -0.39 is 11.4 Å². The lowest BCUT2D eigenvalue weighted by Gasteiger charge is -2.20. The molecular weight excluding hydrogens is 309 g/mol. The summed E-state index contributed by atoms with van der Waals surface area (Å²) < 4.78 is 20.3. The molecule has 0 N–H and O–H groups in total.